The van der Waals surface area contributed by atoms with Crippen LogP contribution in [-0.4, -0.2) is 28.9 Å². The smallest absolute Gasteiger partial charge is 0.254 e. The molecule has 0 aromatic carbocycles. The lowest BCUT2D eigenvalue weighted by atomic mass is 10.1. The first-order valence-corrected chi connectivity index (χ1v) is 6.12. The summed E-state index contributed by atoms with van der Waals surface area (Å²) in [5.41, 5.74) is 3.97. The van der Waals surface area contributed by atoms with Crippen LogP contribution in [0.3, 0.4) is 0 Å². The number of nitrogens with zero attached hydrogens (tertiary/aromatic N) is 2. The average molecular weight is 250 g/mol. The van der Waals surface area contributed by atoms with Gasteiger partial charge >= 0.3 is 0 Å². The monoisotopic (exact) mass is 250 g/mol. The van der Waals surface area contributed by atoms with Crippen LogP contribution in [0.15, 0.2) is 12.1 Å². The Morgan fingerprint density at radius 1 is 1.33 bits per heavy atom. The van der Waals surface area contributed by atoms with Crippen LogP contribution in [0.2, 0.25) is 0 Å². The van der Waals surface area contributed by atoms with E-state index in [1.165, 1.54) is 0 Å². The topological polar surface area (TPSA) is 71.2 Å². The van der Waals surface area contributed by atoms with Crippen molar-refractivity contribution >= 4 is 11.7 Å². The van der Waals surface area contributed by atoms with Gasteiger partial charge in [-0.3, -0.25) is 4.79 Å². The van der Waals surface area contributed by atoms with Crippen LogP contribution in [0.5, 0.6) is 0 Å². The van der Waals surface area contributed by atoms with Crippen molar-refractivity contribution in [3.8, 4) is 0 Å². The summed E-state index contributed by atoms with van der Waals surface area (Å²) < 4.78 is 0. The summed E-state index contributed by atoms with van der Waals surface area (Å²) in [6.45, 7) is 8.02. The number of nitrogens with two attached hydrogens (primary N) is 1. The third-order valence-corrected chi connectivity index (χ3v) is 2.93. The van der Waals surface area contributed by atoms with Crippen molar-refractivity contribution in [1.82, 2.24) is 9.88 Å². The molecule has 0 saturated heterocycles. The third kappa shape index (κ3) is 3.20. The Kier molecular flexibility index (Phi) is 4.67. The van der Waals surface area contributed by atoms with Crippen LogP contribution in [-0.2, 0) is 0 Å². The highest BCUT2D eigenvalue weighted by molar-refractivity contribution is 5.95. The molecule has 0 aliphatic rings. The first-order valence-electron chi connectivity index (χ1n) is 6.12. The quantitative estimate of drug-likeness (QED) is 0.633. The van der Waals surface area contributed by atoms with Crippen LogP contribution in [0.4, 0.5) is 5.82 Å². The number of nitrogens with one attached hydrogen (secondary N) is 1. The molecule has 1 aromatic heterocycles. The number of pyridine rings is 1. The van der Waals surface area contributed by atoms with E-state index in [9.17, 15) is 4.79 Å². The molecular weight excluding hydrogens is 228 g/mol. The van der Waals surface area contributed by atoms with Crippen molar-refractivity contribution in [2.75, 3.05) is 12.5 Å². The van der Waals surface area contributed by atoms with Crippen molar-refractivity contribution in [2.45, 2.75) is 39.7 Å². The predicted octanol–water partition coefficient (Wildman–Crippen LogP) is 1.97. The zero-order chi connectivity index (χ0) is 13.9. The van der Waals surface area contributed by atoms with Gasteiger partial charge in [0.1, 0.15) is 5.82 Å². The molecule has 1 aromatic rings. The number of amides is 1. The first-order chi connectivity index (χ1) is 8.36. The lowest BCUT2D eigenvalue weighted by molar-refractivity contribution is 0.0754. The fourth-order valence-electron chi connectivity index (χ4n) is 1.48. The number of carbonyl (C=O) groups is 1. The Labute approximate surface area is 108 Å². The van der Waals surface area contributed by atoms with E-state index in [0.717, 1.165) is 5.69 Å². The molecule has 0 aliphatic heterocycles. The second-order valence-corrected chi connectivity index (χ2v) is 4.97. The van der Waals surface area contributed by atoms with Gasteiger partial charge in [-0.1, -0.05) is 13.8 Å². The Morgan fingerprint density at radius 2 is 1.94 bits per heavy atom. The van der Waals surface area contributed by atoms with Crippen molar-refractivity contribution in [2.24, 2.45) is 5.84 Å². The van der Waals surface area contributed by atoms with E-state index in [1.54, 1.807) is 18.0 Å². The van der Waals surface area contributed by atoms with Gasteiger partial charge in [0, 0.05) is 24.3 Å². The van der Waals surface area contributed by atoms with Crippen LogP contribution in [0.25, 0.3) is 0 Å². The number of hydrogen-bond acceptors (Lipinski definition) is 4. The molecule has 18 heavy (non-hydrogen) atoms. The molecule has 0 spiro atoms. The Hall–Kier alpha value is -1.62. The number of aromatic nitrogens is 1. The largest absolute Gasteiger partial charge is 0.339 e. The van der Waals surface area contributed by atoms with Crippen LogP contribution < -0.4 is 11.3 Å². The summed E-state index contributed by atoms with van der Waals surface area (Å²) in [6, 6.07) is 3.65. The fourth-order valence-corrected chi connectivity index (χ4v) is 1.48. The maximum absolute atomic E-state index is 12.3. The minimum Gasteiger partial charge on any atom is -0.339 e. The van der Waals surface area contributed by atoms with E-state index in [2.05, 4.69) is 10.4 Å². The maximum Gasteiger partial charge on any atom is 0.254 e. The molecule has 3 N–H and O–H groups in total. The van der Waals surface area contributed by atoms with Gasteiger partial charge in [-0.15, -0.1) is 0 Å². The van der Waals surface area contributed by atoms with Gasteiger partial charge < -0.3 is 10.3 Å². The molecule has 1 heterocycles. The molecule has 1 rings (SSSR count). The van der Waals surface area contributed by atoms with Crippen LogP contribution in [0, 0.1) is 0 Å². The molecule has 0 aliphatic carbocycles. The zero-order valence-electron chi connectivity index (χ0n) is 11.7. The molecular formula is C13H22N4O. The number of nitrogen functional groups attached to an aromatic ring is 1. The maximum atomic E-state index is 12.3. The summed E-state index contributed by atoms with van der Waals surface area (Å²) >= 11 is 0. The second-order valence-electron chi connectivity index (χ2n) is 4.97. The first kappa shape index (κ1) is 14.4. The highest BCUT2D eigenvalue weighted by Crippen LogP contribution is 2.18. The van der Waals surface area contributed by atoms with Gasteiger partial charge in [0.25, 0.3) is 5.91 Å². The molecule has 5 nitrogen and oxygen atoms in total. The molecule has 0 saturated carbocycles. The second kappa shape index (κ2) is 5.82. The molecule has 100 valence electrons. The summed E-state index contributed by atoms with van der Waals surface area (Å²) in [6.07, 6.45) is 0. The molecule has 0 fully saturated rings. The number of hydrazine groups is 1. The molecule has 0 bridgehead atoms. The lowest BCUT2D eigenvalue weighted by Crippen LogP contribution is -2.33. The molecule has 0 unspecified atom stereocenters. The van der Waals surface area contributed by atoms with Gasteiger partial charge in [0.2, 0.25) is 0 Å². The summed E-state index contributed by atoms with van der Waals surface area (Å²) in [4.78, 5) is 18.3. The SMILES string of the molecule is CC(C)c1cc(C(=O)N(C)C(C)C)cc(NN)n1. The minimum absolute atomic E-state index is 0.0224. The summed E-state index contributed by atoms with van der Waals surface area (Å²) in [5.74, 6) is 6.12. The number of carbonyl (C=O) groups excluding carboxylic acids is 1. The van der Waals surface area contributed by atoms with Crippen molar-refractivity contribution in [3.05, 3.63) is 23.4 Å². The number of hydrogen-bond donors (Lipinski definition) is 2. The highest BCUT2D eigenvalue weighted by atomic mass is 16.2. The average Bonchev–Trinajstić information content (AvgIpc) is 2.35. The minimum atomic E-state index is -0.0224. The van der Waals surface area contributed by atoms with Gasteiger partial charge in [0.15, 0.2) is 0 Å². The Bertz CT molecular complexity index is 429. The summed E-state index contributed by atoms with van der Waals surface area (Å²) in [7, 11) is 1.79. The van der Waals surface area contributed by atoms with E-state index < -0.39 is 0 Å². The molecule has 5 heteroatoms. The van der Waals surface area contributed by atoms with Crippen LogP contribution in [0.1, 0.15) is 49.7 Å². The summed E-state index contributed by atoms with van der Waals surface area (Å²) in [5, 5.41) is 0. The fraction of sp³-hybridized carbons (Fsp3) is 0.538. The number of rotatable bonds is 4. The lowest BCUT2D eigenvalue weighted by Gasteiger charge is -2.22. The Morgan fingerprint density at radius 3 is 2.39 bits per heavy atom. The van der Waals surface area contributed by atoms with Crippen molar-refractivity contribution < 1.29 is 4.79 Å². The normalized spacial score (nSPS) is 10.9. The van der Waals surface area contributed by atoms with E-state index in [-0.39, 0.29) is 17.9 Å². The van der Waals surface area contributed by atoms with Crippen LogP contribution >= 0.6 is 0 Å². The molecule has 1 amide bonds. The van der Waals surface area contributed by atoms with E-state index in [1.807, 2.05) is 33.8 Å². The van der Waals surface area contributed by atoms with Gasteiger partial charge in [0.05, 0.1) is 0 Å². The standard InChI is InChI=1S/C13H22N4O/c1-8(2)11-6-10(7-12(15-11)16-14)13(18)17(5)9(3)4/h6-9H,14H2,1-5H3,(H,15,16). The third-order valence-electron chi connectivity index (χ3n) is 2.93. The molecule has 0 radical (unpaired) electrons. The van der Waals surface area contributed by atoms with E-state index in [0.29, 0.717) is 11.4 Å². The van der Waals surface area contributed by atoms with Gasteiger partial charge in [-0.2, -0.15) is 0 Å². The predicted molar refractivity (Wildman–Crippen MR) is 73.4 cm³/mol. The highest BCUT2D eigenvalue weighted by Gasteiger charge is 2.17. The molecule has 0 atom stereocenters. The Balaban J connectivity index is 3.15. The van der Waals surface area contributed by atoms with Crippen molar-refractivity contribution in [1.29, 1.82) is 0 Å². The number of anilines is 1. The van der Waals surface area contributed by atoms with E-state index >= 15 is 0 Å². The van der Waals surface area contributed by atoms with Crippen molar-refractivity contribution in [3.63, 3.8) is 0 Å². The van der Waals surface area contributed by atoms with Gasteiger partial charge in [-0.05, 0) is 31.9 Å². The zero-order valence-corrected chi connectivity index (χ0v) is 11.7. The van der Waals surface area contributed by atoms with E-state index in [4.69, 9.17) is 5.84 Å². The van der Waals surface area contributed by atoms with Gasteiger partial charge in [-0.25, -0.2) is 10.8 Å².